The van der Waals surface area contributed by atoms with Crippen molar-refractivity contribution in [1.82, 2.24) is 20.1 Å². The number of amides is 1. The first-order valence-corrected chi connectivity index (χ1v) is 6.02. The third-order valence-electron chi connectivity index (χ3n) is 3.45. The fraction of sp³-hybridized carbons (Fsp3) is 0.636. The third-order valence-corrected chi connectivity index (χ3v) is 3.45. The number of carboxylic acid groups (broad SMARTS) is 1. The van der Waals surface area contributed by atoms with E-state index in [2.05, 4.69) is 15.2 Å². The summed E-state index contributed by atoms with van der Waals surface area (Å²) in [6, 6.07) is -0.763. The second-order valence-corrected chi connectivity index (χ2v) is 4.49. The van der Waals surface area contributed by atoms with Gasteiger partial charge in [-0.3, -0.25) is 9.89 Å². The smallest absolute Gasteiger partial charge is 0.326 e. The molecule has 7 nitrogen and oxygen atoms in total. The lowest BCUT2D eigenvalue weighted by atomic mass is 9.89. The van der Waals surface area contributed by atoms with Crippen LogP contribution in [0, 0.1) is 5.92 Å². The van der Waals surface area contributed by atoms with Crippen molar-refractivity contribution in [3.05, 3.63) is 12.2 Å². The van der Waals surface area contributed by atoms with Crippen molar-refractivity contribution in [1.29, 1.82) is 0 Å². The van der Waals surface area contributed by atoms with Crippen molar-refractivity contribution in [3.8, 4) is 0 Å². The summed E-state index contributed by atoms with van der Waals surface area (Å²) >= 11 is 0. The Balaban J connectivity index is 2.16. The van der Waals surface area contributed by atoms with E-state index in [-0.39, 0.29) is 5.82 Å². The maximum atomic E-state index is 12.1. The second kappa shape index (κ2) is 5.16. The molecule has 0 radical (unpaired) electrons. The Morgan fingerprint density at radius 2 is 2.39 bits per heavy atom. The van der Waals surface area contributed by atoms with Crippen LogP contribution in [0.25, 0.3) is 0 Å². The van der Waals surface area contributed by atoms with Gasteiger partial charge in [0.1, 0.15) is 12.4 Å². The van der Waals surface area contributed by atoms with Gasteiger partial charge in [0.25, 0.3) is 5.91 Å². The van der Waals surface area contributed by atoms with Crippen LogP contribution in [-0.2, 0) is 4.79 Å². The monoisotopic (exact) mass is 252 g/mol. The molecule has 2 rings (SSSR count). The van der Waals surface area contributed by atoms with E-state index in [0.717, 1.165) is 12.8 Å². The molecule has 2 heterocycles. The molecule has 0 spiro atoms. The number of carboxylic acids is 1. The molecule has 1 aliphatic heterocycles. The van der Waals surface area contributed by atoms with Gasteiger partial charge in [0.2, 0.25) is 5.82 Å². The molecular weight excluding hydrogens is 236 g/mol. The van der Waals surface area contributed by atoms with Crippen LogP contribution in [0.4, 0.5) is 0 Å². The molecule has 1 saturated heterocycles. The zero-order valence-corrected chi connectivity index (χ0v) is 10.2. The molecule has 2 unspecified atom stereocenters. The van der Waals surface area contributed by atoms with E-state index in [4.69, 9.17) is 0 Å². The highest BCUT2D eigenvalue weighted by molar-refractivity contribution is 5.93. The van der Waals surface area contributed by atoms with Crippen LogP contribution in [0.2, 0.25) is 0 Å². The predicted molar refractivity (Wildman–Crippen MR) is 61.9 cm³/mol. The number of rotatable bonds is 3. The van der Waals surface area contributed by atoms with E-state index < -0.39 is 17.9 Å². The molecule has 1 aromatic rings. The number of H-pyrrole nitrogens is 1. The number of hydrogen-bond donors (Lipinski definition) is 2. The Morgan fingerprint density at radius 1 is 1.61 bits per heavy atom. The van der Waals surface area contributed by atoms with Crippen LogP contribution in [0.15, 0.2) is 6.33 Å². The summed E-state index contributed by atoms with van der Waals surface area (Å²) in [5, 5.41) is 15.3. The average Bonchev–Trinajstić information content (AvgIpc) is 2.91. The van der Waals surface area contributed by atoms with Crippen LogP contribution in [0.1, 0.15) is 36.8 Å². The first kappa shape index (κ1) is 12.5. The number of nitrogens with one attached hydrogen (secondary N) is 1. The average molecular weight is 252 g/mol. The zero-order chi connectivity index (χ0) is 13.1. The van der Waals surface area contributed by atoms with Gasteiger partial charge < -0.3 is 10.0 Å². The topological polar surface area (TPSA) is 99.2 Å². The van der Waals surface area contributed by atoms with E-state index in [1.807, 2.05) is 6.92 Å². The maximum Gasteiger partial charge on any atom is 0.326 e. The summed E-state index contributed by atoms with van der Waals surface area (Å²) in [5.74, 6) is -0.892. The molecule has 0 aromatic carbocycles. The van der Waals surface area contributed by atoms with E-state index in [9.17, 15) is 14.7 Å². The molecule has 1 aliphatic rings. The Hall–Kier alpha value is -1.92. The number of carbonyl (C=O) groups excluding carboxylic acids is 1. The number of likely N-dealkylation sites (tertiary alicyclic amines) is 1. The molecule has 0 aliphatic carbocycles. The van der Waals surface area contributed by atoms with Gasteiger partial charge in [-0.25, -0.2) is 9.78 Å². The van der Waals surface area contributed by atoms with Gasteiger partial charge in [-0.15, -0.1) is 0 Å². The minimum Gasteiger partial charge on any atom is -0.480 e. The van der Waals surface area contributed by atoms with Gasteiger partial charge in [-0.05, 0) is 18.8 Å². The first-order valence-electron chi connectivity index (χ1n) is 6.02. The van der Waals surface area contributed by atoms with Gasteiger partial charge in [0.15, 0.2) is 0 Å². The summed E-state index contributed by atoms with van der Waals surface area (Å²) in [7, 11) is 0. The number of carbonyl (C=O) groups is 2. The molecule has 1 aromatic heterocycles. The number of hydrogen-bond acceptors (Lipinski definition) is 4. The predicted octanol–water partition coefficient (Wildman–Crippen LogP) is 0.520. The summed E-state index contributed by atoms with van der Waals surface area (Å²) in [6.45, 7) is 2.49. The molecule has 98 valence electrons. The lowest BCUT2D eigenvalue weighted by molar-refractivity contribution is -0.144. The highest BCUT2D eigenvalue weighted by atomic mass is 16.4. The Morgan fingerprint density at radius 3 is 2.94 bits per heavy atom. The molecule has 1 fully saturated rings. The minimum absolute atomic E-state index is 0.0937. The largest absolute Gasteiger partial charge is 0.480 e. The Labute approximate surface area is 104 Å². The molecule has 7 heteroatoms. The molecule has 2 atom stereocenters. The zero-order valence-electron chi connectivity index (χ0n) is 10.2. The van der Waals surface area contributed by atoms with E-state index in [1.54, 1.807) is 0 Å². The van der Waals surface area contributed by atoms with Gasteiger partial charge in [0.05, 0.1) is 0 Å². The summed E-state index contributed by atoms with van der Waals surface area (Å²) < 4.78 is 0. The first-order chi connectivity index (χ1) is 8.63. The van der Waals surface area contributed by atoms with E-state index in [0.29, 0.717) is 18.9 Å². The van der Waals surface area contributed by atoms with Gasteiger partial charge >= 0.3 is 5.97 Å². The van der Waals surface area contributed by atoms with E-state index in [1.165, 1.54) is 11.2 Å². The molecule has 0 bridgehead atoms. The fourth-order valence-electron chi connectivity index (χ4n) is 2.33. The van der Waals surface area contributed by atoms with Crippen molar-refractivity contribution in [2.75, 3.05) is 6.54 Å². The third kappa shape index (κ3) is 2.34. The Bertz CT molecular complexity index is 432. The van der Waals surface area contributed by atoms with Crippen molar-refractivity contribution in [2.24, 2.45) is 5.92 Å². The highest BCUT2D eigenvalue weighted by Crippen LogP contribution is 2.26. The number of aliphatic carboxylic acids is 1. The minimum atomic E-state index is -0.957. The molecular formula is C11H16N4O3. The number of aromatic nitrogens is 3. The molecule has 1 amide bonds. The molecule has 0 saturated carbocycles. The van der Waals surface area contributed by atoms with Crippen LogP contribution in [0.3, 0.4) is 0 Å². The fourth-order valence-corrected chi connectivity index (χ4v) is 2.33. The van der Waals surface area contributed by atoms with Crippen LogP contribution < -0.4 is 0 Å². The normalized spacial score (nSPS) is 23.9. The Kier molecular flexibility index (Phi) is 3.59. The van der Waals surface area contributed by atoms with Gasteiger partial charge in [0, 0.05) is 6.54 Å². The van der Waals surface area contributed by atoms with Crippen molar-refractivity contribution in [3.63, 3.8) is 0 Å². The quantitative estimate of drug-likeness (QED) is 0.817. The number of piperidine rings is 1. The van der Waals surface area contributed by atoms with Crippen LogP contribution in [0.5, 0.6) is 0 Å². The summed E-state index contributed by atoms with van der Waals surface area (Å²) in [6.07, 6.45) is 3.52. The summed E-state index contributed by atoms with van der Waals surface area (Å²) in [4.78, 5) is 28.5. The van der Waals surface area contributed by atoms with Gasteiger partial charge in [-0.2, -0.15) is 5.10 Å². The maximum absolute atomic E-state index is 12.1. The lowest BCUT2D eigenvalue weighted by Gasteiger charge is -2.36. The van der Waals surface area contributed by atoms with Crippen molar-refractivity contribution in [2.45, 2.75) is 32.2 Å². The molecule has 18 heavy (non-hydrogen) atoms. The van der Waals surface area contributed by atoms with E-state index >= 15 is 0 Å². The van der Waals surface area contributed by atoms with Crippen LogP contribution >= 0.6 is 0 Å². The standard InChI is InChI=1S/C11H16N4O3/c1-2-7-3-4-15(8(5-7)11(17)18)10(16)9-12-6-13-14-9/h6-8H,2-5H2,1H3,(H,17,18)(H,12,13,14). The molecule has 2 N–H and O–H groups in total. The second-order valence-electron chi connectivity index (χ2n) is 4.49. The van der Waals surface area contributed by atoms with Crippen molar-refractivity contribution >= 4 is 11.9 Å². The SMILES string of the molecule is CCC1CCN(C(=O)c2ncn[nH]2)C(C(=O)O)C1. The highest BCUT2D eigenvalue weighted by Gasteiger charge is 2.36. The number of aromatic amines is 1. The summed E-state index contributed by atoms with van der Waals surface area (Å²) in [5.41, 5.74) is 0. The van der Waals surface area contributed by atoms with Crippen LogP contribution in [-0.4, -0.2) is 49.7 Å². The van der Waals surface area contributed by atoms with Gasteiger partial charge in [-0.1, -0.05) is 13.3 Å². The number of nitrogens with zero attached hydrogens (tertiary/aromatic N) is 3. The van der Waals surface area contributed by atoms with Crippen molar-refractivity contribution < 1.29 is 14.7 Å². The lowest BCUT2D eigenvalue weighted by Crippen LogP contribution is -2.50.